The van der Waals surface area contributed by atoms with Crippen LogP contribution in [0, 0.1) is 0 Å². The summed E-state index contributed by atoms with van der Waals surface area (Å²) in [7, 11) is -4.37. The zero-order valence-electron chi connectivity index (χ0n) is 13.5. The topological polar surface area (TPSA) is 97.2 Å². The van der Waals surface area contributed by atoms with E-state index in [9.17, 15) is 8.42 Å². The van der Waals surface area contributed by atoms with Crippen molar-refractivity contribution in [2.45, 2.75) is 11.6 Å². The highest BCUT2D eigenvalue weighted by Gasteiger charge is 2.14. The lowest BCUT2D eigenvalue weighted by atomic mass is 10.2. The number of furan rings is 1. The van der Waals surface area contributed by atoms with Crippen molar-refractivity contribution in [1.82, 2.24) is 4.57 Å². The molecule has 0 saturated heterocycles. The summed E-state index contributed by atoms with van der Waals surface area (Å²) in [5.74, 6) is 0.163. The maximum atomic E-state index is 11.0. The fourth-order valence-electron chi connectivity index (χ4n) is 2.23. The standard InChI is InChI=1S/C17H15N3O4S2/c1-2-10-20-15(13-6-4-3-5-7-13)12-25-17(20)19-18-11-14-8-9-16(24-14)26(21,22)23/h2-9,11-12H,1,10H2,(H,21,22,23)/b18-11+,19-17-. The second kappa shape index (κ2) is 7.65. The molecule has 26 heavy (non-hydrogen) atoms. The number of allylic oxidation sites excluding steroid dienone is 1. The van der Waals surface area contributed by atoms with Gasteiger partial charge in [0.25, 0.3) is 0 Å². The van der Waals surface area contributed by atoms with Crippen LogP contribution in [0.2, 0.25) is 0 Å². The summed E-state index contributed by atoms with van der Waals surface area (Å²) in [4.78, 5) is 0.654. The molecule has 0 saturated carbocycles. The summed E-state index contributed by atoms with van der Waals surface area (Å²) in [5.41, 5.74) is 2.05. The average Bonchev–Trinajstić information content (AvgIpc) is 3.24. The molecule has 0 fully saturated rings. The van der Waals surface area contributed by atoms with Gasteiger partial charge in [-0.05, 0) is 17.7 Å². The van der Waals surface area contributed by atoms with Crippen molar-refractivity contribution < 1.29 is 17.4 Å². The van der Waals surface area contributed by atoms with E-state index in [4.69, 9.17) is 8.97 Å². The smallest absolute Gasteiger partial charge is 0.328 e. The van der Waals surface area contributed by atoms with E-state index in [-0.39, 0.29) is 5.76 Å². The second-order valence-electron chi connectivity index (χ2n) is 5.15. The van der Waals surface area contributed by atoms with Crippen LogP contribution in [0.5, 0.6) is 0 Å². The number of hydrogen-bond acceptors (Lipinski definition) is 6. The Labute approximate surface area is 154 Å². The fourth-order valence-corrected chi connectivity index (χ4v) is 3.55. The van der Waals surface area contributed by atoms with Crippen molar-refractivity contribution in [1.29, 1.82) is 0 Å². The molecule has 0 radical (unpaired) electrons. The number of aromatic nitrogens is 1. The number of rotatable bonds is 6. The minimum Gasteiger partial charge on any atom is -0.441 e. The molecule has 0 unspecified atom stereocenters. The molecular formula is C17H15N3O4S2. The maximum Gasteiger partial charge on any atom is 0.328 e. The quantitative estimate of drug-likeness (QED) is 0.303. The average molecular weight is 389 g/mol. The molecule has 0 bridgehead atoms. The van der Waals surface area contributed by atoms with Crippen LogP contribution in [0.3, 0.4) is 0 Å². The summed E-state index contributed by atoms with van der Waals surface area (Å²) in [5, 5.41) is 9.56. The Kier molecular flexibility index (Phi) is 5.31. The SMILES string of the molecule is C=CCn1c(-c2ccccc2)cs/c1=N\N=C\c1ccc(S(=O)(=O)O)o1. The lowest BCUT2D eigenvalue weighted by molar-refractivity contribution is 0.404. The molecule has 0 atom stereocenters. The highest BCUT2D eigenvalue weighted by atomic mass is 32.2. The molecule has 134 valence electrons. The number of nitrogens with zero attached hydrogens (tertiary/aromatic N) is 3. The number of hydrogen-bond donors (Lipinski definition) is 1. The molecule has 0 spiro atoms. The molecule has 3 rings (SSSR count). The minimum atomic E-state index is -4.37. The molecule has 0 aliphatic carbocycles. The zero-order chi connectivity index (χ0) is 18.6. The van der Waals surface area contributed by atoms with E-state index in [0.29, 0.717) is 11.3 Å². The third kappa shape index (κ3) is 4.07. The van der Waals surface area contributed by atoms with Crippen molar-refractivity contribution in [2.75, 3.05) is 0 Å². The van der Waals surface area contributed by atoms with Gasteiger partial charge >= 0.3 is 10.1 Å². The summed E-state index contributed by atoms with van der Waals surface area (Å²) in [6.07, 6.45) is 3.04. The molecule has 1 N–H and O–H groups in total. The maximum absolute atomic E-state index is 11.0. The first-order valence-corrected chi connectivity index (χ1v) is 9.80. The first-order chi connectivity index (χ1) is 12.5. The van der Waals surface area contributed by atoms with Crippen LogP contribution < -0.4 is 4.80 Å². The first kappa shape index (κ1) is 18.1. The van der Waals surface area contributed by atoms with Gasteiger partial charge < -0.3 is 8.98 Å². The third-order valence-electron chi connectivity index (χ3n) is 3.36. The number of benzene rings is 1. The Morgan fingerprint density at radius 1 is 1.23 bits per heavy atom. The van der Waals surface area contributed by atoms with E-state index < -0.39 is 15.2 Å². The highest BCUT2D eigenvalue weighted by molar-refractivity contribution is 7.85. The molecule has 0 aliphatic rings. The van der Waals surface area contributed by atoms with E-state index in [1.165, 1.54) is 23.6 Å². The van der Waals surface area contributed by atoms with Crippen LogP contribution in [0.15, 0.2) is 80.2 Å². The molecule has 2 heterocycles. The molecule has 2 aromatic heterocycles. The first-order valence-electron chi connectivity index (χ1n) is 7.48. The Morgan fingerprint density at radius 2 is 2.00 bits per heavy atom. The fraction of sp³-hybridized carbons (Fsp3) is 0.0588. The predicted octanol–water partition coefficient (Wildman–Crippen LogP) is 3.18. The van der Waals surface area contributed by atoms with Gasteiger partial charge in [0, 0.05) is 11.9 Å². The third-order valence-corrected chi connectivity index (χ3v) is 4.95. The van der Waals surface area contributed by atoms with Crippen LogP contribution in [-0.2, 0) is 16.7 Å². The van der Waals surface area contributed by atoms with Gasteiger partial charge in [-0.1, -0.05) is 36.4 Å². The van der Waals surface area contributed by atoms with Crippen molar-refractivity contribution in [3.8, 4) is 11.3 Å². The van der Waals surface area contributed by atoms with E-state index in [1.54, 1.807) is 6.08 Å². The van der Waals surface area contributed by atoms with Crippen LogP contribution in [-0.4, -0.2) is 23.8 Å². The normalized spacial score (nSPS) is 12.7. The van der Waals surface area contributed by atoms with Crippen molar-refractivity contribution in [3.63, 3.8) is 0 Å². The van der Waals surface area contributed by atoms with Gasteiger partial charge in [0.2, 0.25) is 9.89 Å². The Bertz CT molecular complexity index is 1110. The van der Waals surface area contributed by atoms with Gasteiger partial charge in [0.1, 0.15) is 5.76 Å². The van der Waals surface area contributed by atoms with Crippen LogP contribution in [0.25, 0.3) is 11.3 Å². The van der Waals surface area contributed by atoms with Gasteiger partial charge in [0.15, 0.2) is 0 Å². The lowest BCUT2D eigenvalue weighted by Crippen LogP contribution is -2.14. The molecule has 0 aliphatic heterocycles. The zero-order valence-corrected chi connectivity index (χ0v) is 15.2. The Morgan fingerprint density at radius 3 is 2.65 bits per heavy atom. The summed E-state index contributed by atoms with van der Waals surface area (Å²) >= 11 is 1.42. The van der Waals surface area contributed by atoms with Gasteiger partial charge in [-0.15, -0.1) is 23.0 Å². The Hall–Kier alpha value is -2.75. The molecule has 1 aromatic carbocycles. The summed E-state index contributed by atoms with van der Waals surface area (Å²) < 4.78 is 37.8. The minimum absolute atomic E-state index is 0.163. The van der Waals surface area contributed by atoms with E-state index in [1.807, 2.05) is 40.3 Å². The predicted molar refractivity (Wildman–Crippen MR) is 99.6 cm³/mol. The van der Waals surface area contributed by atoms with E-state index in [0.717, 1.165) is 17.3 Å². The van der Waals surface area contributed by atoms with Crippen molar-refractivity contribution >= 4 is 27.7 Å². The molecule has 7 nitrogen and oxygen atoms in total. The van der Waals surface area contributed by atoms with Gasteiger partial charge in [-0.3, -0.25) is 4.55 Å². The molecule has 3 aromatic rings. The van der Waals surface area contributed by atoms with Gasteiger partial charge in [-0.25, -0.2) is 0 Å². The van der Waals surface area contributed by atoms with Crippen molar-refractivity contribution in [2.24, 2.45) is 10.2 Å². The summed E-state index contributed by atoms with van der Waals surface area (Å²) in [6, 6.07) is 12.4. The van der Waals surface area contributed by atoms with Crippen molar-refractivity contribution in [3.05, 3.63) is 71.1 Å². The molecule has 0 amide bonds. The Balaban J connectivity index is 1.92. The van der Waals surface area contributed by atoms with Gasteiger partial charge in [-0.2, -0.15) is 13.5 Å². The number of thiazole rings is 1. The van der Waals surface area contributed by atoms with Crippen LogP contribution >= 0.6 is 11.3 Å². The van der Waals surface area contributed by atoms with E-state index >= 15 is 0 Å². The van der Waals surface area contributed by atoms with Crippen LogP contribution in [0.1, 0.15) is 5.76 Å². The highest BCUT2D eigenvalue weighted by Crippen LogP contribution is 2.19. The lowest BCUT2D eigenvalue weighted by Gasteiger charge is -2.05. The molecular weight excluding hydrogens is 374 g/mol. The van der Waals surface area contributed by atoms with Gasteiger partial charge in [0.05, 0.1) is 11.9 Å². The largest absolute Gasteiger partial charge is 0.441 e. The summed E-state index contributed by atoms with van der Waals surface area (Å²) in [6.45, 7) is 4.34. The van der Waals surface area contributed by atoms with Crippen LogP contribution in [0.4, 0.5) is 0 Å². The van der Waals surface area contributed by atoms with E-state index in [2.05, 4.69) is 16.8 Å². The molecule has 9 heteroatoms. The second-order valence-corrected chi connectivity index (χ2v) is 7.33. The monoisotopic (exact) mass is 389 g/mol.